The molecule has 0 bridgehead atoms. The molecule has 2 aromatic rings. The highest BCUT2D eigenvalue weighted by Crippen LogP contribution is 2.31. The summed E-state index contributed by atoms with van der Waals surface area (Å²) in [6.45, 7) is 2.50. The van der Waals surface area contributed by atoms with Crippen LogP contribution in [-0.4, -0.2) is 50.4 Å². The molecule has 1 aromatic carbocycles. The van der Waals surface area contributed by atoms with Gasteiger partial charge in [-0.3, -0.25) is 0 Å². The lowest BCUT2D eigenvalue weighted by Gasteiger charge is -2.35. The second-order valence-electron chi connectivity index (χ2n) is 7.15. The average Bonchev–Trinajstić information content (AvgIpc) is 2.73. The number of piperazine rings is 1. The van der Waals surface area contributed by atoms with Gasteiger partial charge in [0.25, 0.3) is 0 Å². The van der Waals surface area contributed by atoms with E-state index in [9.17, 15) is 21.6 Å². The van der Waals surface area contributed by atoms with Crippen LogP contribution in [0.15, 0.2) is 41.4 Å². The molecule has 1 aromatic heterocycles. The van der Waals surface area contributed by atoms with E-state index in [1.807, 2.05) is 6.07 Å². The lowest BCUT2D eigenvalue weighted by atomic mass is 10.0. The van der Waals surface area contributed by atoms with Crippen molar-refractivity contribution in [2.24, 2.45) is 0 Å². The van der Waals surface area contributed by atoms with E-state index in [0.717, 1.165) is 49.0 Å². The molecule has 0 saturated carbocycles. The molecule has 1 saturated heterocycles. The molecule has 29 heavy (non-hydrogen) atoms. The minimum Gasteiger partial charge on any atom is -0.354 e. The number of rotatable bonds is 3. The Labute approximate surface area is 167 Å². The van der Waals surface area contributed by atoms with Crippen molar-refractivity contribution in [2.75, 3.05) is 37.6 Å². The molecule has 0 atom stereocenters. The van der Waals surface area contributed by atoms with E-state index >= 15 is 0 Å². The van der Waals surface area contributed by atoms with Gasteiger partial charge in [-0.2, -0.15) is 17.5 Å². The Morgan fingerprint density at radius 3 is 2.48 bits per heavy atom. The van der Waals surface area contributed by atoms with E-state index in [0.29, 0.717) is 0 Å². The van der Waals surface area contributed by atoms with Crippen LogP contribution < -0.4 is 10.2 Å². The molecule has 2 aliphatic rings. The Morgan fingerprint density at radius 1 is 1.00 bits per heavy atom. The van der Waals surface area contributed by atoms with Gasteiger partial charge in [-0.25, -0.2) is 13.4 Å². The summed E-state index contributed by atoms with van der Waals surface area (Å²) in [4.78, 5) is 5.97. The second kappa shape index (κ2) is 7.58. The highest BCUT2D eigenvalue weighted by Gasteiger charge is 2.33. The zero-order chi connectivity index (χ0) is 20.6. The van der Waals surface area contributed by atoms with Crippen LogP contribution >= 0.6 is 0 Å². The van der Waals surface area contributed by atoms with Crippen molar-refractivity contribution in [1.29, 1.82) is 0 Å². The van der Waals surface area contributed by atoms with Crippen LogP contribution in [0, 0.1) is 0 Å². The Morgan fingerprint density at radius 2 is 1.76 bits per heavy atom. The number of fused-ring (bicyclic) bond motifs is 1. The molecule has 6 nitrogen and oxygen atoms in total. The van der Waals surface area contributed by atoms with Crippen molar-refractivity contribution >= 4 is 15.8 Å². The summed E-state index contributed by atoms with van der Waals surface area (Å²) in [6, 6.07) is 7.14. The molecular weight excluding hydrogens is 405 g/mol. The van der Waals surface area contributed by atoms with Gasteiger partial charge in [-0.1, -0.05) is 6.07 Å². The maximum atomic E-state index is 13.0. The van der Waals surface area contributed by atoms with Crippen LogP contribution in [0.1, 0.15) is 16.7 Å². The zero-order valence-corrected chi connectivity index (χ0v) is 16.4. The summed E-state index contributed by atoms with van der Waals surface area (Å²) in [5.41, 5.74) is 1.38. The van der Waals surface area contributed by atoms with Gasteiger partial charge in [-0.05, 0) is 48.4 Å². The smallest absolute Gasteiger partial charge is 0.354 e. The number of sulfonamides is 1. The molecule has 0 radical (unpaired) electrons. The van der Waals surface area contributed by atoms with Gasteiger partial charge in [0.2, 0.25) is 10.0 Å². The third-order valence-corrected chi connectivity index (χ3v) is 7.23. The number of anilines is 1. The predicted octanol–water partition coefficient (Wildman–Crippen LogP) is 2.26. The fourth-order valence-corrected chi connectivity index (χ4v) is 5.16. The molecule has 3 heterocycles. The average molecular weight is 426 g/mol. The Bertz CT molecular complexity index is 1000. The van der Waals surface area contributed by atoms with Crippen LogP contribution in [0.2, 0.25) is 0 Å². The second-order valence-corrected chi connectivity index (χ2v) is 9.09. The van der Waals surface area contributed by atoms with Gasteiger partial charge < -0.3 is 10.2 Å². The van der Waals surface area contributed by atoms with Crippen LogP contribution in [0.5, 0.6) is 0 Å². The standard InChI is InChI=1S/C19H21F3N4O2S/c20-19(21,22)16-4-6-24-18(12-16)25-7-9-26(10-8-25)29(27,28)17-2-1-15-13-23-5-3-14(15)11-17/h1-2,4,6,11-12,23H,3,5,7-10,13H2. The predicted molar refractivity (Wildman–Crippen MR) is 102 cm³/mol. The summed E-state index contributed by atoms with van der Waals surface area (Å²) in [5, 5.41) is 3.25. The Hall–Kier alpha value is -2.17. The number of benzene rings is 1. The highest BCUT2D eigenvalue weighted by atomic mass is 32.2. The molecule has 10 heteroatoms. The van der Waals surface area contributed by atoms with Gasteiger partial charge in [0.1, 0.15) is 5.82 Å². The summed E-state index contributed by atoms with van der Waals surface area (Å²) in [6.07, 6.45) is -2.53. The molecular formula is C19H21F3N4O2S. The van der Waals surface area contributed by atoms with E-state index in [-0.39, 0.29) is 36.9 Å². The van der Waals surface area contributed by atoms with Crippen molar-refractivity contribution in [1.82, 2.24) is 14.6 Å². The number of aromatic nitrogens is 1. The third-order valence-electron chi connectivity index (χ3n) is 5.34. The normalized spacial score (nSPS) is 18.5. The first-order chi connectivity index (χ1) is 13.7. The van der Waals surface area contributed by atoms with Crippen molar-refractivity contribution in [3.8, 4) is 0 Å². The SMILES string of the molecule is O=S(=O)(c1ccc2c(c1)CCNC2)N1CCN(c2cc(C(F)(F)F)ccn2)CC1. The van der Waals surface area contributed by atoms with Crippen LogP contribution in [-0.2, 0) is 29.2 Å². The number of nitrogens with one attached hydrogen (secondary N) is 1. The summed E-state index contributed by atoms with van der Waals surface area (Å²) < 4.78 is 66.2. The first-order valence-corrected chi connectivity index (χ1v) is 10.8. The quantitative estimate of drug-likeness (QED) is 0.816. The van der Waals surface area contributed by atoms with Gasteiger partial charge in [0.05, 0.1) is 10.5 Å². The molecule has 156 valence electrons. The van der Waals surface area contributed by atoms with E-state index in [1.165, 1.54) is 4.31 Å². The summed E-state index contributed by atoms with van der Waals surface area (Å²) in [5.74, 6) is 0.207. The van der Waals surface area contributed by atoms with Crippen LogP contribution in [0.25, 0.3) is 0 Å². The minimum absolute atomic E-state index is 0.193. The first kappa shape index (κ1) is 20.1. The number of hydrogen-bond acceptors (Lipinski definition) is 5. The topological polar surface area (TPSA) is 65.5 Å². The minimum atomic E-state index is -4.44. The van der Waals surface area contributed by atoms with Crippen LogP contribution in [0.4, 0.5) is 19.0 Å². The highest BCUT2D eigenvalue weighted by molar-refractivity contribution is 7.89. The number of halogens is 3. The molecule has 4 rings (SSSR count). The number of nitrogens with zero attached hydrogens (tertiary/aromatic N) is 3. The molecule has 0 aliphatic carbocycles. The molecule has 0 spiro atoms. The lowest BCUT2D eigenvalue weighted by molar-refractivity contribution is -0.137. The van der Waals surface area contributed by atoms with Gasteiger partial charge in [-0.15, -0.1) is 0 Å². The first-order valence-electron chi connectivity index (χ1n) is 9.36. The molecule has 1 fully saturated rings. The summed E-state index contributed by atoms with van der Waals surface area (Å²) in [7, 11) is -3.65. The fourth-order valence-electron chi connectivity index (χ4n) is 3.69. The van der Waals surface area contributed by atoms with Gasteiger partial charge in [0, 0.05) is 38.9 Å². The summed E-state index contributed by atoms with van der Waals surface area (Å²) >= 11 is 0. The molecule has 0 amide bonds. The van der Waals surface area contributed by atoms with E-state index in [1.54, 1.807) is 17.0 Å². The fraction of sp³-hybridized carbons (Fsp3) is 0.421. The van der Waals surface area contributed by atoms with Crippen molar-refractivity contribution in [2.45, 2.75) is 24.0 Å². The van der Waals surface area contributed by atoms with Crippen molar-refractivity contribution < 1.29 is 21.6 Å². The zero-order valence-electron chi connectivity index (χ0n) is 15.6. The largest absolute Gasteiger partial charge is 0.416 e. The van der Waals surface area contributed by atoms with Gasteiger partial charge in [0.15, 0.2) is 0 Å². The molecule has 0 unspecified atom stereocenters. The van der Waals surface area contributed by atoms with Crippen LogP contribution in [0.3, 0.4) is 0 Å². The molecule has 2 aliphatic heterocycles. The van der Waals surface area contributed by atoms with Crippen molar-refractivity contribution in [3.63, 3.8) is 0 Å². The number of pyridine rings is 1. The van der Waals surface area contributed by atoms with Gasteiger partial charge >= 0.3 is 6.18 Å². The molecule has 1 N–H and O–H groups in total. The monoisotopic (exact) mass is 426 g/mol. The van der Waals surface area contributed by atoms with E-state index < -0.39 is 21.8 Å². The number of hydrogen-bond donors (Lipinski definition) is 1. The maximum Gasteiger partial charge on any atom is 0.416 e. The van der Waals surface area contributed by atoms with E-state index in [4.69, 9.17) is 0 Å². The number of alkyl halides is 3. The third kappa shape index (κ3) is 4.10. The Kier molecular flexibility index (Phi) is 5.26. The Balaban J connectivity index is 1.48. The lowest BCUT2D eigenvalue weighted by Crippen LogP contribution is -2.49. The van der Waals surface area contributed by atoms with Crippen molar-refractivity contribution in [3.05, 3.63) is 53.2 Å². The maximum absolute atomic E-state index is 13.0. The van der Waals surface area contributed by atoms with E-state index in [2.05, 4.69) is 10.3 Å².